The second-order valence-corrected chi connectivity index (χ2v) is 29.1. The van der Waals surface area contributed by atoms with Crippen molar-refractivity contribution in [1.82, 2.24) is 10.6 Å². The Morgan fingerprint density at radius 3 is 1.02 bits per heavy atom. The average Bonchev–Trinajstić information content (AvgIpc) is 0.788. The number of aliphatic hydroxyl groups excluding tert-OH is 6. The Balaban J connectivity index is 2.55. The minimum Gasteiger partial charge on any atom is -0.457 e. The van der Waals surface area contributed by atoms with Gasteiger partial charge < -0.3 is 84.5 Å². The minimum absolute atomic E-state index is 0.196. The van der Waals surface area contributed by atoms with Gasteiger partial charge in [0.1, 0.15) is 36.5 Å². The van der Waals surface area contributed by atoms with Crippen molar-refractivity contribution >= 4 is 39.4 Å². The summed E-state index contributed by atoms with van der Waals surface area (Å²) < 4.78 is 65.3. The van der Waals surface area contributed by atoms with Crippen molar-refractivity contribution in [2.24, 2.45) is 0 Å². The first-order chi connectivity index (χ1) is 45.4. The van der Waals surface area contributed by atoms with E-state index in [0.717, 1.165) is 154 Å². The van der Waals surface area contributed by atoms with Gasteiger partial charge in [0, 0.05) is 0 Å². The molecule has 2 fully saturated rings. The lowest BCUT2D eigenvalue weighted by atomic mass is 9.95. The van der Waals surface area contributed by atoms with E-state index < -0.39 is 164 Å². The molecular weight excluding hydrogens is 1270 g/mol. The first kappa shape index (κ1) is 88.8. The van der Waals surface area contributed by atoms with Gasteiger partial charge in [-0.05, 0) is 25.7 Å². The van der Waals surface area contributed by atoms with Crippen LogP contribution in [-0.4, -0.2) is 173 Å². The lowest BCUT2D eigenvalue weighted by molar-refractivity contribution is -0.296. The normalized spacial score (nSPS) is 23.0. The summed E-state index contributed by atoms with van der Waals surface area (Å²) in [5.41, 5.74) is 0. The molecule has 0 aromatic rings. The Morgan fingerprint density at radius 1 is 0.400 bits per heavy atom. The summed E-state index contributed by atoms with van der Waals surface area (Å²) in [7, 11) is -11.2. The van der Waals surface area contributed by atoms with E-state index in [9.17, 15) is 78.5 Å². The topological polar surface area (TPSA) is 393 Å². The molecule has 0 radical (unpaired) electrons. The fourth-order valence-electron chi connectivity index (χ4n) is 12.4. The largest absolute Gasteiger partial charge is 0.472 e. The summed E-state index contributed by atoms with van der Waals surface area (Å²) in [5.74, 6) is -4.01. The molecule has 0 aliphatic carbocycles. The quantitative estimate of drug-likeness (QED) is 0.0153. The molecule has 2 amide bonds. The standard InChI is InChI=1S/C68H130N2O23P2/c1-5-9-13-17-21-25-29-33-37-41-51(72)45-57(76)69-61-65(90-59(78)47-53(74)43-39-35-31-27-23-19-15-11-7-3)63(80)56(89-68(61)93-95(84,85)86)50-87-67-62(70-58(77)46-52(73)42-38-34-30-26-22-18-14-10-6-2)66(64(55(49-71)88-67)92-94(81,82)83)91-60(79)48-54(75)44-40-36-32-28-24-20-16-12-8-4/h51-56,61-68,71-75,80H,5-50H2,1-4H3,(H,69,76)(H,70,77)(H2,81,82,83)(H2,84,85,86)/t51-,52-,53-,54-,55+,56+,61+,62+,63+,64+,65+,66+,67+,68+/m0/s1. The molecule has 0 aromatic carbocycles. The van der Waals surface area contributed by atoms with Crippen LogP contribution in [0.5, 0.6) is 0 Å². The molecule has 2 saturated heterocycles. The van der Waals surface area contributed by atoms with Crippen LogP contribution in [0.15, 0.2) is 0 Å². The van der Waals surface area contributed by atoms with Gasteiger partial charge in [-0.1, -0.05) is 259 Å². The summed E-state index contributed by atoms with van der Waals surface area (Å²) in [4.78, 5) is 96.5. The number of phosphoric ester groups is 2. The van der Waals surface area contributed by atoms with Gasteiger partial charge in [-0.25, -0.2) is 9.13 Å². The number of carbonyl (C=O) groups is 4. The van der Waals surface area contributed by atoms with Crippen LogP contribution in [0.2, 0.25) is 0 Å². The third kappa shape index (κ3) is 43.2. The number of unbranched alkanes of at least 4 members (excludes halogenated alkanes) is 32. The summed E-state index contributed by atoms with van der Waals surface area (Å²) in [5, 5.41) is 72.2. The van der Waals surface area contributed by atoms with E-state index in [1.807, 2.05) is 0 Å². The maximum atomic E-state index is 14.1. The zero-order valence-corrected chi connectivity index (χ0v) is 60.1. The van der Waals surface area contributed by atoms with Crippen molar-refractivity contribution in [1.29, 1.82) is 0 Å². The molecule has 560 valence electrons. The number of carbonyl (C=O) groups excluding carboxylic acids is 4. The number of aliphatic hydroxyl groups is 6. The number of ether oxygens (including phenoxy) is 5. The van der Waals surface area contributed by atoms with Crippen LogP contribution in [0.4, 0.5) is 0 Å². The lowest BCUT2D eigenvalue weighted by Crippen LogP contribution is -2.68. The van der Waals surface area contributed by atoms with Gasteiger partial charge in [-0.15, -0.1) is 0 Å². The summed E-state index contributed by atoms with van der Waals surface area (Å²) in [6.45, 7) is 6.55. The van der Waals surface area contributed by atoms with Crippen LogP contribution in [0, 0.1) is 0 Å². The predicted molar refractivity (Wildman–Crippen MR) is 360 cm³/mol. The smallest absolute Gasteiger partial charge is 0.457 e. The monoisotopic (exact) mass is 1400 g/mol. The van der Waals surface area contributed by atoms with Gasteiger partial charge >= 0.3 is 27.6 Å². The highest BCUT2D eigenvalue weighted by Gasteiger charge is 2.55. The molecule has 2 rings (SSSR count). The van der Waals surface area contributed by atoms with Crippen molar-refractivity contribution < 1.29 is 111 Å². The van der Waals surface area contributed by atoms with E-state index in [1.165, 1.54) is 51.4 Å². The number of amides is 2. The summed E-state index contributed by atoms with van der Waals surface area (Å²) in [6.07, 6.45) is 13.8. The van der Waals surface area contributed by atoms with Gasteiger partial charge in [0.2, 0.25) is 11.8 Å². The van der Waals surface area contributed by atoms with Crippen LogP contribution in [-0.2, 0) is 61.0 Å². The fraction of sp³-hybridized carbons (Fsp3) is 0.941. The van der Waals surface area contributed by atoms with Crippen LogP contribution < -0.4 is 10.6 Å². The fourth-order valence-corrected chi connectivity index (χ4v) is 13.4. The van der Waals surface area contributed by atoms with E-state index in [-0.39, 0.29) is 25.7 Å². The molecule has 0 saturated carbocycles. The zero-order chi connectivity index (χ0) is 70.3. The third-order valence-electron chi connectivity index (χ3n) is 17.8. The van der Waals surface area contributed by atoms with Crippen LogP contribution >= 0.6 is 15.6 Å². The molecule has 0 aromatic heterocycles. The first-order valence-electron chi connectivity index (χ1n) is 36.8. The molecule has 2 aliphatic heterocycles. The second kappa shape index (κ2) is 53.6. The van der Waals surface area contributed by atoms with Crippen molar-refractivity contribution in [3.05, 3.63) is 0 Å². The number of esters is 2. The van der Waals surface area contributed by atoms with Crippen molar-refractivity contribution in [2.45, 2.75) is 396 Å². The number of nitrogens with one attached hydrogen (secondary N) is 2. The average molecular weight is 1410 g/mol. The minimum atomic E-state index is -5.61. The number of hydrogen-bond donors (Lipinski definition) is 12. The Labute approximate surface area is 568 Å². The van der Waals surface area contributed by atoms with Gasteiger partial charge in [0.25, 0.3) is 0 Å². The molecular formula is C68H130N2O23P2. The SMILES string of the molecule is CCCCCCCCCCC[C@H](O)CC(=O)N[C@H]1[C@H](OC[C@H]2O[C@H](OP(=O)(O)O)[C@H](NC(=O)C[C@@H](O)CCCCCCCCCCC)[C@@H](OC(=O)C[C@@H](O)CCCCCCCCCCC)[C@@H]2O)O[C@H](CO)[C@@H](OP(=O)(O)O)[C@@H]1OC(=O)C[C@@H](O)CCCCCCCCCCC. The Bertz CT molecular complexity index is 2080. The molecule has 14 atom stereocenters. The number of rotatable bonds is 60. The molecule has 12 N–H and O–H groups in total. The molecule has 2 heterocycles. The third-order valence-corrected chi connectivity index (χ3v) is 18.8. The van der Waals surface area contributed by atoms with E-state index in [2.05, 4.69) is 38.3 Å². The Morgan fingerprint density at radius 2 is 0.695 bits per heavy atom. The van der Waals surface area contributed by atoms with E-state index in [4.69, 9.17) is 32.7 Å². The molecule has 0 bridgehead atoms. The Hall–Kier alpha value is -2.26. The molecule has 95 heavy (non-hydrogen) atoms. The Kier molecular flexibility index (Phi) is 50.1. The maximum absolute atomic E-state index is 14.1. The van der Waals surface area contributed by atoms with Gasteiger partial charge in [0.05, 0.1) is 63.3 Å². The summed E-state index contributed by atoms with van der Waals surface area (Å²) in [6, 6.07) is -3.75. The first-order valence-corrected chi connectivity index (χ1v) is 39.9. The van der Waals surface area contributed by atoms with Gasteiger partial charge in [-0.2, -0.15) is 0 Å². The predicted octanol–water partition coefficient (Wildman–Crippen LogP) is 10.9. The molecule has 0 spiro atoms. The van der Waals surface area contributed by atoms with Crippen molar-refractivity contribution in [3.63, 3.8) is 0 Å². The number of phosphoric acid groups is 2. The highest BCUT2D eigenvalue weighted by molar-refractivity contribution is 7.46. The zero-order valence-electron chi connectivity index (χ0n) is 58.3. The highest BCUT2D eigenvalue weighted by Crippen LogP contribution is 2.44. The van der Waals surface area contributed by atoms with Gasteiger partial charge in [-0.3, -0.25) is 28.2 Å². The highest BCUT2D eigenvalue weighted by atomic mass is 31.2. The van der Waals surface area contributed by atoms with Crippen LogP contribution in [0.1, 0.15) is 310 Å². The number of hydrogen-bond acceptors (Lipinski definition) is 19. The maximum Gasteiger partial charge on any atom is 0.472 e. The van der Waals surface area contributed by atoms with E-state index in [1.54, 1.807) is 0 Å². The molecule has 0 unspecified atom stereocenters. The van der Waals surface area contributed by atoms with Crippen molar-refractivity contribution in [2.75, 3.05) is 13.2 Å². The molecule has 27 heteroatoms. The van der Waals surface area contributed by atoms with Gasteiger partial charge in [0.15, 0.2) is 24.8 Å². The lowest BCUT2D eigenvalue weighted by Gasteiger charge is -2.47. The summed E-state index contributed by atoms with van der Waals surface area (Å²) >= 11 is 0. The van der Waals surface area contributed by atoms with Crippen molar-refractivity contribution in [3.8, 4) is 0 Å². The molecule has 25 nitrogen and oxygen atoms in total. The van der Waals surface area contributed by atoms with E-state index in [0.29, 0.717) is 25.7 Å². The second-order valence-electron chi connectivity index (χ2n) is 26.7. The van der Waals surface area contributed by atoms with E-state index >= 15 is 0 Å². The molecule has 2 aliphatic rings. The van der Waals surface area contributed by atoms with Crippen LogP contribution in [0.25, 0.3) is 0 Å². The van der Waals surface area contributed by atoms with Crippen LogP contribution in [0.3, 0.4) is 0 Å².